The number of benzene rings is 1. The molecule has 0 bridgehead atoms. The lowest BCUT2D eigenvalue weighted by Gasteiger charge is -2.38. The number of ether oxygens (including phenoxy) is 1. The second-order valence-electron chi connectivity index (χ2n) is 5.24. The summed E-state index contributed by atoms with van der Waals surface area (Å²) in [6, 6.07) is 9.42. The van der Waals surface area contributed by atoms with E-state index < -0.39 is 0 Å². The molecular weight excluding hydrogens is 240 g/mol. The molecule has 1 saturated heterocycles. The average molecular weight is 262 g/mol. The van der Waals surface area contributed by atoms with E-state index in [0.29, 0.717) is 0 Å². The maximum absolute atomic E-state index is 12.2. The standard InChI is InChI=1S/C15H22N2O2/c1-11-9-17(10-12(2)19-11)13(3)15(18)16-14-7-5-4-6-8-14/h4-8,11-13H,9-10H2,1-3H3,(H,16,18). The number of amides is 1. The first-order chi connectivity index (χ1) is 9.06. The maximum Gasteiger partial charge on any atom is 0.241 e. The molecule has 1 aliphatic rings. The molecular formula is C15H22N2O2. The Morgan fingerprint density at radius 3 is 2.42 bits per heavy atom. The summed E-state index contributed by atoms with van der Waals surface area (Å²) in [4.78, 5) is 14.4. The van der Waals surface area contributed by atoms with Gasteiger partial charge in [0.2, 0.25) is 5.91 Å². The number of nitrogens with zero attached hydrogens (tertiary/aromatic N) is 1. The van der Waals surface area contributed by atoms with E-state index in [1.54, 1.807) is 0 Å². The molecule has 1 fully saturated rings. The third kappa shape index (κ3) is 3.78. The summed E-state index contributed by atoms with van der Waals surface area (Å²) in [5.74, 6) is 0.0347. The number of morpholine rings is 1. The van der Waals surface area contributed by atoms with Crippen LogP contribution in [0.1, 0.15) is 20.8 Å². The molecule has 0 radical (unpaired) electrons. The lowest BCUT2D eigenvalue weighted by molar-refractivity contribution is -0.126. The molecule has 0 saturated carbocycles. The van der Waals surface area contributed by atoms with Crippen molar-refractivity contribution < 1.29 is 9.53 Å². The number of para-hydroxylation sites is 1. The molecule has 3 unspecified atom stereocenters. The Kier molecular flexibility index (Phi) is 4.56. The number of hydrogen-bond donors (Lipinski definition) is 1. The van der Waals surface area contributed by atoms with Crippen molar-refractivity contribution in [1.29, 1.82) is 0 Å². The van der Waals surface area contributed by atoms with E-state index in [2.05, 4.69) is 10.2 Å². The third-order valence-corrected chi connectivity index (χ3v) is 3.42. The Morgan fingerprint density at radius 2 is 1.84 bits per heavy atom. The largest absolute Gasteiger partial charge is 0.373 e. The van der Waals surface area contributed by atoms with Crippen molar-refractivity contribution in [3.8, 4) is 0 Å². The van der Waals surface area contributed by atoms with Crippen LogP contribution in [0.4, 0.5) is 5.69 Å². The molecule has 104 valence electrons. The second kappa shape index (κ2) is 6.17. The van der Waals surface area contributed by atoms with Crippen molar-refractivity contribution in [2.45, 2.75) is 39.0 Å². The van der Waals surface area contributed by atoms with Crippen molar-refractivity contribution in [2.75, 3.05) is 18.4 Å². The van der Waals surface area contributed by atoms with Gasteiger partial charge in [-0.25, -0.2) is 0 Å². The Hall–Kier alpha value is -1.39. The number of carbonyl (C=O) groups excluding carboxylic acids is 1. The lowest BCUT2D eigenvalue weighted by atomic mass is 10.1. The zero-order valence-corrected chi connectivity index (χ0v) is 11.8. The predicted octanol–water partition coefficient (Wildman–Crippen LogP) is 2.12. The van der Waals surface area contributed by atoms with Gasteiger partial charge in [0.1, 0.15) is 0 Å². The van der Waals surface area contributed by atoms with Gasteiger partial charge in [0.05, 0.1) is 18.2 Å². The van der Waals surface area contributed by atoms with Crippen LogP contribution in [0.5, 0.6) is 0 Å². The summed E-state index contributed by atoms with van der Waals surface area (Å²) in [6.45, 7) is 7.64. The summed E-state index contributed by atoms with van der Waals surface area (Å²) in [5.41, 5.74) is 0.841. The van der Waals surface area contributed by atoms with Gasteiger partial charge < -0.3 is 10.1 Å². The molecule has 1 heterocycles. The summed E-state index contributed by atoms with van der Waals surface area (Å²) in [6.07, 6.45) is 0.353. The summed E-state index contributed by atoms with van der Waals surface area (Å²) in [7, 11) is 0. The van der Waals surface area contributed by atoms with Crippen LogP contribution in [0.25, 0.3) is 0 Å². The second-order valence-corrected chi connectivity index (χ2v) is 5.24. The topological polar surface area (TPSA) is 41.6 Å². The number of anilines is 1. The number of nitrogens with one attached hydrogen (secondary N) is 1. The van der Waals surface area contributed by atoms with Gasteiger partial charge >= 0.3 is 0 Å². The maximum atomic E-state index is 12.2. The lowest BCUT2D eigenvalue weighted by Crippen LogP contribution is -2.52. The summed E-state index contributed by atoms with van der Waals surface area (Å²) in [5, 5.41) is 2.95. The Morgan fingerprint density at radius 1 is 1.26 bits per heavy atom. The number of hydrogen-bond acceptors (Lipinski definition) is 3. The fraction of sp³-hybridized carbons (Fsp3) is 0.533. The fourth-order valence-electron chi connectivity index (χ4n) is 2.47. The van der Waals surface area contributed by atoms with E-state index in [4.69, 9.17) is 4.74 Å². The zero-order valence-electron chi connectivity index (χ0n) is 11.8. The zero-order chi connectivity index (χ0) is 13.8. The van der Waals surface area contributed by atoms with E-state index in [1.165, 1.54) is 0 Å². The normalized spacial score (nSPS) is 25.8. The first-order valence-corrected chi connectivity index (χ1v) is 6.81. The van der Waals surface area contributed by atoms with Crippen molar-refractivity contribution >= 4 is 11.6 Å². The monoisotopic (exact) mass is 262 g/mol. The molecule has 4 heteroatoms. The SMILES string of the molecule is CC1CN(C(C)C(=O)Nc2ccccc2)CC(C)O1. The van der Waals surface area contributed by atoms with Crippen LogP contribution in [0.3, 0.4) is 0 Å². The van der Waals surface area contributed by atoms with E-state index in [0.717, 1.165) is 18.8 Å². The molecule has 1 aliphatic heterocycles. The highest BCUT2D eigenvalue weighted by molar-refractivity contribution is 5.94. The Labute approximate surface area is 114 Å². The predicted molar refractivity (Wildman–Crippen MR) is 76.1 cm³/mol. The number of rotatable bonds is 3. The van der Waals surface area contributed by atoms with Crippen LogP contribution in [-0.2, 0) is 9.53 Å². The third-order valence-electron chi connectivity index (χ3n) is 3.42. The summed E-state index contributed by atoms with van der Waals surface area (Å²) < 4.78 is 5.69. The van der Waals surface area contributed by atoms with Crippen LogP contribution in [0.15, 0.2) is 30.3 Å². The highest BCUT2D eigenvalue weighted by atomic mass is 16.5. The minimum Gasteiger partial charge on any atom is -0.373 e. The van der Waals surface area contributed by atoms with Crippen LogP contribution < -0.4 is 5.32 Å². The van der Waals surface area contributed by atoms with E-state index in [9.17, 15) is 4.79 Å². The number of carbonyl (C=O) groups is 1. The molecule has 1 N–H and O–H groups in total. The van der Waals surface area contributed by atoms with Gasteiger partial charge in [-0.1, -0.05) is 18.2 Å². The van der Waals surface area contributed by atoms with Crippen LogP contribution in [0, 0.1) is 0 Å². The Bertz CT molecular complexity index is 411. The van der Waals surface area contributed by atoms with Gasteiger partial charge in [-0.05, 0) is 32.9 Å². The molecule has 1 amide bonds. The average Bonchev–Trinajstić information content (AvgIpc) is 2.37. The molecule has 0 aromatic heterocycles. The highest BCUT2D eigenvalue weighted by Crippen LogP contribution is 2.15. The summed E-state index contributed by atoms with van der Waals surface area (Å²) >= 11 is 0. The first kappa shape index (κ1) is 14.0. The smallest absolute Gasteiger partial charge is 0.241 e. The molecule has 1 aromatic carbocycles. The van der Waals surface area contributed by atoms with Crippen molar-refractivity contribution in [1.82, 2.24) is 4.90 Å². The minimum absolute atomic E-state index is 0.0347. The van der Waals surface area contributed by atoms with Gasteiger partial charge in [-0.15, -0.1) is 0 Å². The molecule has 2 rings (SSSR count). The first-order valence-electron chi connectivity index (χ1n) is 6.81. The van der Waals surface area contributed by atoms with Crippen LogP contribution in [-0.4, -0.2) is 42.1 Å². The van der Waals surface area contributed by atoms with Crippen molar-refractivity contribution in [2.24, 2.45) is 0 Å². The minimum atomic E-state index is -0.144. The van der Waals surface area contributed by atoms with E-state index in [-0.39, 0.29) is 24.2 Å². The molecule has 0 spiro atoms. The van der Waals surface area contributed by atoms with Gasteiger partial charge in [0, 0.05) is 18.8 Å². The molecule has 19 heavy (non-hydrogen) atoms. The van der Waals surface area contributed by atoms with Crippen molar-refractivity contribution in [3.63, 3.8) is 0 Å². The van der Waals surface area contributed by atoms with Gasteiger partial charge in [-0.3, -0.25) is 9.69 Å². The van der Waals surface area contributed by atoms with Crippen LogP contribution >= 0.6 is 0 Å². The molecule has 3 atom stereocenters. The highest BCUT2D eigenvalue weighted by Gasteiger charge is 2.29. The Balaban J connectivity index is 1.95. The van der Waals surface area contributed by atoms with Gasteiger partial charge in [0.15, 0.2) is 0 Å². The van der Waals surface area contributed by atoms with E-state index >= 15 is 0 Å². The molecule has 0 aliphatic carbocycles. The van der Waals surface area contributed by atoms with E-state index in [1.807, 2.05) is 51.1 Å². The molecule has 4 nitrogen and oxygen atoms in total. The molecule has 1 aromatic rings. The van der Waals surface area contributed by atoms with Crippen molar-refractivity contribution in [3.05, 3.63) is 30.3 Å². The van der Waals surface area contributed by atoms with Crippen LogP contribution in [0.2, 0.25) is 0 Å². The quantitative estimate of drug-likeness (QED) is 0.907. The van der Waals surface area contributed by atoms with Gasteiger partial charge in [-0.2, -0.15) is 0 Å². The van der Waals surface area contributed by atoms with Gasteiger partial charge in [0.25, 0.3) is 0 Å². The fourth-order valence-corrected chi connectivity index (χ4v) is 2.47.